The first-order valence-electron chi connectivity index (χ1n) is 13.7. The molecule has 2 atom stereocenters. The molecule has 1 aliphatic carbocycles. The number of carbonyl (C=O) groups is 2. The quantitative estimate of drug-likeness (QED) is 0.304. The van der Waals surface area contributed by atoms with Crippen LogP contribution in [0.5, 0.6) is 0 Å². The summed E-state index contributed by atoms with van der Waals surface area (Å²) in [6.45, 7) is 3.03. The average Bonchev–Trinajstić information content (AvgIpc) is 3.36. The molecule has 6 nitrogen and oxygen atoms in total. The summed E-state index contributed by atoms with van der Waals surface area (Å²) in [5.41, 5.74) is -6.98. The SMILES string of the molecule is Cc1cc(C(=O)O)cc(C(=O)N2CCC3(S(=O)(=O)c4cccc(C)c4)c4ccc(C(F)(C(F)(F)F)C(F)(F)F)cc4CCC23)c1. The highest BCUT2D eigenvalue weighted by Gasteiger charge is 2.73. The number of likely N-dealkylation sites (tertiary alicyclic amines) is 1. The monoisotopic (exact) mass is 657 g/mol. The Hall–Kier alpha value is -3.94. The molecule has 0 spiro atoms. The standard InChI is InChI=1S/C31H26F7NO5S/c1-17-4-3-5-23(14-17)45(43,44)28-10-11-39(26(40)20-12-18(2)13-21(15-20)27(41)42)25(28)9-6-19-16-22(7-8-24(19)28)29(32,30(33,34)35)31(36,37)38/h3-5,7-8,12-16,25H,6,9-11H2,1-2H3,(H,41,42). The number of amides is 1. The van der Waals surface area contributed by atoms with Gasteiger partial charge in [-0.15, -0.1) is 0 Å². The first-order valence-corrected chi connectivity index (χ1v) is 15.2. The lowest BCUT2D eigenvalue weighted by Gasteiger charge is -2.43. The van der Waals surface area contributed by atoms with Gasteiger partial charge in [-0.3, -0.25) is 4.79 Å². The molecule has 2 aliphatic rings. The second-order valence-electron chi connectivity index (χ2n) is 11.4. The molecule has 1 N–H and O–H groups in total. The van der Waals surface area contributed by atoms with Crippen LogP contribution < -0.4 is 0 Å². The van der Waals surface area contributed by atoms with Crippen molar-refractivity contribution in [2.75, 3.05) is 6.54 Å². The molecular formula is C31H26F7NO5S. The average molecular weight is 658 g/mol. The van der Waals surface area contributed by atoms with Crippen molar-refractivity contribution >= 4 is 21.7 Å². The number of hydrogen-bond donors (Lipinski definition) is 1. The van der Waals surface area contributed by atoms with Gasteiger partial charge in [0.1, 0.15) is 4.75 Å². The van der Waals surface area contributed by atoms with E-state index in [9.17, 15) is 49.5 Å². The van der Waals surface area contributed by atoms with E-state index in [1.165, 1.54) is 35.2 Å². The van der Waals surface area contributed by atoms with Crippen LogP contribution in [0.3, 0.4) is 0 Å². The van der Waals surface area contributed by atoms with Gasteiger partial charge < -0.3 is 10.0 Å². The zero-order valence-electron chi connectivity index (χ0n) is 23.8. The Bertz CT molecular complexity index is 1810. The molecule has 0 bridgehead atoms. The fourth-order valence-corrected chi connectivity index (χ4v) is 9.13. The summed E-state index contributed by atoms with van der Waals surface area (Å²) >= 11 is 0. The lowest BCUT2D eigenvalue weighted by molar-refractivity contribution is -0.348. The van der Waals surface area contributed by atoms with E-state index < -0.39 is 56.1 Å². The van der Waals surface area contributed by atoms with Gasteiger partial charge in [-0.2, -0.15) is 26.3 Å². The second kappa shape index (κ2) is 10.6. The molecule has 3 aromatic carbocycles. The van der Waals surface area contributed by atoms with E-state index in [1.54, 1.807) is 19.9 Å². The van der Waals surface area contributed by atoms with Crippen LogP contribution in [-0.4, -0.2) is 55.2 Å². The van der Waals surface area contributed by atoms with Crippen LogP contribution in [0.1, 0.15) is 61.4 Å². The van der Waals surface area contributed by atoms with Gasteiger partial charge in [-0.25, -0.2) is 17.6 Å². The van der Waals surface area contributed by atoms with Crippen molar-refractivity contribution in [1.82, 2.24) is 4.90 Å². The van der Waals surface area contributed by atoms with E-state index in [1.807, 2.05) is 0 Å². The summed E-state index contributed by atoms with van der Waals surface area (Å²) in [5.74, 6) is -1.99. The first-order chi connectivity index (χ1) is 20.8. The van der Waals surface area contributed by atoms with Crippen LogP contribution in [0.25, 0.3) is 0 Å². The maximum atomic E-state index is 15.0. The molecule has 3 aromatic rings. The van der Waals surface area contributed by atoms with Gasteiger partial charge >= 0.3 is 24.0 Å². The third-order valence-electron chi connectivity index (χ3n) is 8.68. The zero-order valence-corrected chi connectivity index (χ0v) is 24.6. The summed E-state index contributed by atoms with van der Waals surface area (Å²) in [5, 5.41) is 9.48. The molecule has 0 aromatic heterocycles. The van der Waals surface area contributed by atoms with Gasteiger partial charge in [0.05, 0.1) is 16.5 Å². The molecule has 5 rings (SSSR count). The van der Waals surface area contributed by atoms with Gasteiger partial charge in [0.15, 0.2) is 9.84 Å². The van der Waals surface area contributed by atoms with Crippen molar-refractivity contribution in [2.45, 2.75) is 66.8 Å². The van der Waals surface area contributed by atoms with Crippen molar-refractivity contribution < 1.29 is 53.8 Å². The van der Waals surface area contributed by atoms with E-state index in [4.69, 9.17) is 0 Å². The van der Waals surface area contributed by atoms with E-state index >= 15 is 4.39 Å². The van der Waals surface area contributed by atoms with Gasteiger partial charge in [0.25, 0.3) is 5.91 Å². The van der Waals surface area contributed by atoms with Gasteiger partial charge in [0.2, 0.25) is 0 Å². The smallest absolute Gasteiger partial charge is 0.435 e. The van der Waals surface area contributed by atoms with Crippen molar-refractivity contribution in [3.05, 3.63) is 99.6 Å². The minimum Gasteiger partial charge on any atom is -0.478 e. The molecule has 1 fully saturated rings. The number of aryl methyl sites for hydroxylation is 3. The fraction of sp³-hybridized carbons (Fsp3) is 0.355. The van der Waals surface area contributed by atoms with Crippen molar-refractivity contribution in [2.24, 2.45) is 0 Å². The Morgan fingerprint density at radius 1 is 0.867 bits per heavy atom. The molecule has 14 heteroatoms. The lowest BCUT2D eigenvalue weighted by atomic mass is 9.76. The number of rotatable bonds is 5. The number of aromatic carboxylic acids is 1. The van der Waals surface area contributed by atoms with Gasteiger partial charge in [-0.1, -0.05) is 30.3 Å². The Labute approximate surface area is 253 Å². The second-order valence-corrected chi connectivity index (χ2v) is 13.6. The third kappa shape index (κ3) is 4.88. The number of carbonyl (C=O) groups excluding carboxylic acids is 1. The molecule has 0 saturated carbocycles. The van der Waals surface area contributed by atoms with Crippen LogP contribution in [0.2, 0.25) is 0 Å². The summed E-state index contributed by atoms with van der Waals surface area (Å²) in [7, 11) is -4.51. The first kappa shape index (κ1) is 32.5. The maximum absolute atomic E-state index is 15.0. The normalized spacial score (nSPS) is 20.5. The van der Waals surface area contributed by atoms with Crippen LogP contribution in [0, 0.1) is 13.8 Å². The molecule has 240 valence electrons. The highest BCUT2D eigenvalue weighted by Crippen LogP contribution is 2.56. The largest absolute Gasteiger partial charge is 0.478 e. The third-order valence-corrected chi connectivity index (χ3v) is 11.2. The van der Waals surface area contributed by atoms with Crippen LogP contribution in [0.15, 0.2) is 65.6 Å². The predicted octanol–water partition coefficient (Wildman–Crippen LogP) is 6.82. The zero-order chi connectivity index (χ0) is 33.3. The molecule has 1 heterocycles. The molecule has 1 amide bonds. The van der Waals surface area contributed by atoms with Crippen LogP contribution in [-0.2, 0) is 26.7 Å². The van der Waals surface area contributed by atoms with E-state index in [0.29, 0.717) is 23.3 Å². The van der Waals surface area contributed by atoms with E-state index in [2.05, 4.69) is 0 Å². The number of benzene rings is 3. The molecule has 1 saturated heterocycles. The van der Waals surface area contributed by atoms with Crippen molar-refractivity contribution in [3.63, 3.8) is 0 Å². The van der Waals surface area contributed by atoms with Crippen molar-refractivity contribution in [1.29, 1.82) is 0 Å². The van der Waals surface area contributed by atoms with Crippen molar-refractivity contribution in [3.8, 4) is 0 Å². The Balaban J connectivity index is 1.71. The minimum absolute atomic E-state index is 0.0325. The lowest BCUT2D eigenvalue weighted by Crippen LogP contribution is -2.53. The topological polar surface area (TPSA) is 91.8 Å². The fourth-order valence-electron chi connectivity index (χ4n) is 6.66. The maximum Gasteiger partial charge on any atom is 0.435 e. The number of sulfone groups is 1. The summed E-state index contributed by atoms with van der Waals surface area (Å²) < 4.78 is 124. The molecule has 45 heavy (non-hydrogen) atoms. The minimum atomic E-state index is -6.36. The Morgan fingerprint density at radius 3 is 2.11 bits per heavy atom. The van der Waals surface area contributed by atoms with Crippen LogP contribution >= 0.6 is 0 Å². The van der Waals surface area contributed by atoms with E-state index in [0.717, 1.165) is 12.1 Å². The molecule has 0 radical (unpaired) electrons. The molecule has 1 aliphatic heterocycles. The number of carboxylic acid groups (broad SMARTS) is 1. The number of carboxylic acids is 1. The number of alkyl halides is 7. The van der Waals surface area contributed by atoms with Gasteiger partial charge in [0, 0.05) is 17.7 Å². The summed E-state index contributed by atoms with van der Waals surface area (Å²) in [6.07, 6.45) is -13.4. The molecular weight excluding hydrogens is 631 g/mol. The number of nitrogens with zero attached hydrogens (tertiary/aromatic N) is 1. The number of fused-ring (bicyclic) bond motifs is 3. The number of hydrogen-bond acceptors (Lipinski definition) is 4. The highest BCUT2D eigenvalue weighted by atomic mass is 32.2. The highest BCUT2D eigenvalue weighted by molar-refractivity contribution is 7.92. The Kier molecular flexibility index (Phi) is 7.62. The van der Waals surface area contributed by atoms with E-state index in [-0.39, 0.29) is 53.0 Å². The van der Waals surface area contributed by atoms with Crippen LogP contribution in [0.4, 0.5) is 30.7 Å². The predicted molar refractivity (Wildman–Crippen MR) is 147 cm³/mol. The molecule has 2 unspecified atom stereocenters. The van der Waals surface area contributed by atoms with Gasteiger partial charge in [-0.05, 0) is 85.7 Å². The summed E-state index contributed by atoms with van der Waals surface area (Å²) in [6, 6.07) is 10.1. The Morgan fingerprint density at radius 2 is 1.51 bits per heavy atom. The number of halogens is 7. The summed E-state index contributed by atoms with van der Waals surface area (Å²) in [4.78, 5) is 26.6.